The van der Waals surface area contributed by atoms with E-state index in [1.54, 1.807) is 0 Å². The van der Waals surface area contributed by atoms with E-state index < -0.39 is 0 Å². The van der Waals surface area contributed by atoms with Crippen LogP contribution in [-0.4, -0.2) is 17.7 Å². The molecule has 0 atom stereocenters. The Morgan fingerprint density at radius 2 is 2.25 bits per heavy atom. The third-order valence-electron chi connectivity index (χ3n) is 2.99. The van der Waals surface area contributed by atoms with Gasteiger partial charge in [0, 0.05) is 19.2 Å². The number of carbonyl (C=O) groups excluding carboxylic acids is 1. The zero-order valence-electron chi connectivity index (χ0n) is 11.1. The lowest BCUT2D eigenvalue weighted by atomic mass is 10.1. The number of amides is 1. The van der Waals surface area contributed by atoms with Crippen LogP contribution in [0.4, 0.5) is 5.69 Å². The van der Waals surface area contributed by atoms with E-state index in [0.29, 0.717) is 18.8 Å². The van der Waals surface area contributed by atoms with Crippen LogP contribution < -0.4 is 15.4 Å². The second-order valence-corrected chi connectivity index (χ2v) is 4.70. The van der Waals surface area contributed by atoms with Crippen LogP contribution in [0.3, 0.4) is 0 Å². The van der Waals surface area contributed by atoms with Crippen molar-refractivity contribution in [1.29, 1.82) is 0 Å². The fraction of sp³-hybridized carbons (Fsp3) is 0.286. The normalized spacial score (nSPS) is 13.6. The molecular formula is C14H15N3O3. The molecule has 0 fully saturated rings. The molecule has 0 saturated heterocycles. The van der Waals surface area contributed by atoms with E-state index in [0.717, 1.165) is 22.7 Å². The molecule has 0 spiro atoms. The van der Waals surface area contributed by atoms with Gasteiger partial charge in [-0.1, -0.05) is 11.2 Å². The van der Waals surface area contributed by atoms with E-state index in [1.807, 2.05) is 31.2 Å². The number of hydrogen-bond donors (Lipinski definition) is 2. The number of ether oxygens (including phenoxy) is 1. The molecule has 3 rings (SSSR count). The predicted octanol–water partition coefficient (Wildman–Crippen LogP) is 1.60. The van der Waals surface area contributed by atoms with Crippen LogP contribution in [0.25, 0.3) is 0 Å². The van der Waals surface area contributed by atoms with E-state index >= 15 is 0 Å². The summed E-state index contributed by atoms with van der Waals surface area (Å²) >= 11 is 0. The average molecular weight is 273 g/mol. The van der Waals surface area contributed by atoms with Crippen LogP contribution in [0.5, 0.6) is 5.75 Å². The number of benzene rings is 1. The van der Waals surface area contributed by atoms with Crippen molar-refractivity contribution < 1.29 is 14.1 Å². The molecule has 0 saturated carbocycles. The summed E-state index contributed by atoms with van der Waals surface area (Å²) in [5, 5.41) is 9.98. The lowest BCUT2D eigenvalue weighted by Crippen LogP contribution is -2.25. The first kappa shape index (κ1) is 12.7. The minimum absolute atomic E-state index is 0.0795. The maximum Gasteiger partial charge on any atom is 0.262 e. The molecule has 0 unspecified atom stereocenters. The van der Waals surface area contributed by atoms with Crippen molar-refractivity contribution in [3.05, 3.63) is 41.3 Å². The Bertz CT molecular complexity index is 636. The summed E-state index contributed by atoms with van der Waals surface area (Å²) in [5.41, 5.74) is 2.66. The predicted molar refractivity (Wildman–Crippen MR) is 72.4 cm³/mol. The SMILES string of the molecule is Cc1cc(CNCc2ccc3c(c2)NC(=O)CO3)no1. The molecule has 2 N–H and O–H groups in total. The fourth-order valence-electron chi connectivity index (χ4n) is 2.08. The van der Waals surface area contributed by atoms with Gasteiger partial charge in [0.1, 0.15) is 11.5 Å². The number of fused-ring (bicyclic) bond motifs is 1. The number of nitrogens with one attached hydrogen (secondary N) is 2. The quantitative estimate of drug-likeness (QED) is 0.885. The molecule has 1 aromatic carbocycles. The van der Waals surface area contributed by atoms with Crippen LogP contribution in [0, 0.1) is 6.92 Å². The van der Waals surface area contributed by atoms with E-state index in [1.165, 1.54) is 0 Å². The standard InChI is InChI=1S/C14H15N3O3/c1-9-4-11(17-20-9)7-15-6-10-2-3-13-12(5-10)16-14(18)8-19-13/h2-5,15H,6-8H2,1H3,(H,16,18). The van der Waals surface area contributed by atoms with Crippen molar-refractivity contribution in [3.63, 3.8) is 0 Å². The fourth-order valence-corrected chi connectivity index (χ4v) is 2.08. The summed E-state index contributed by atoms with van der Waals surface area (Å²) in [4.78, 5) is 11.3. The zero-order valence-corrected chi connectivity index (χ0v) is 11.1. The van der Waals surface area contributed by atoms with Crippen molar-refractivity contribution in [2.24, 2.45) is 0 Å². The van der Waals surface area contributed by atoms with Gasteiger partial charge in [0.05, 0.1) is 11.4 Å². The first-order chi connectivity index (χ1) is 9.70. The first-order valence-electron chi connectivity index (χ1n) is 6.39. The molecule has 0 bridgehead atoms. The molecule has 1 aliphatic rings. The van der Waals surface area contributed by atoms with Gasteiger partial charge >= 0.3 is 0 Å². The molecule has 0 radical (unpaired) electrons. The van der Waals surface area contributed by atoms with Gasteiger partial charge in [-0.3, -0.25) is 4.79 Å². The van der Waals surface area contributed by atoms with Gasteiger partial charge in [0.25, 0.3) is 5.91 Å². The van der Waals surface area contributed by atoms with E-state index in [2.05, 4.69) is 15.8 Å². The summed E-state index contributed by atoms with van der Waals surface area (Å²) in [6.45, 7) is 3.26. The van der Waals surface area contributed by atoms with Crippen LogP contribution in [0.1, 0.15) is 17.0 Å². The summed E-state index contributed by atoms with van der Waals surface area (Å²) in [6.07, 6.45) is 0. The average Bonchev–Trinajstić information content (AvgIpc) is 2.84. The Kier molecular flexibility index (Phi) is 3.39. The molecule has 1 aliphatic heterocycles. The summed E-state index contributed by atoms with van der Waals surface area (Å²) < 4.78 is 10.3. The Labute approximate surface area is 116 Å². The van der Waals surface area contributed by atoms with Crippen molar-refractivity contribution in [2.45, 2.75) is 20.0 Å². The minimum Gasteiger partial charge on any atom is -0.482 e. The number of nitrogens with zero attached hydrogens (tertiary/aromatic N) is 1. The number of anilines is 1. The number of carbonyl (C=O) groups is 1. The first-order valence-corrected chi connectivity index (χ1v) is 6.39. The van der Waals surface area contributed by atoms with Crippen LogP contribution in [-0.2, 0) is 17.9 Å². The van der Waals surface area contributed by atoms with Crippen LogP contribution >= 0.6 is 0 Å². The Morgan fingerprint density at radius 1 is 1.35 bits per heavy atom. The molecule has 104 valence electrons. The largest absolute Gasteiger partial charge is 0.482 e. The van der Waals surface area contributed by atoms with Gasteiger partial charge in [0.2, 0.25) is 0 Å². The van der Waals surface area contributed by atoms with E-state index in [4.69, 9.17) is 9.26 Å². The Balaban J connectivity index is 1.60. The smallest absolute Gasteiger partial charge is 0.262 e. The van der Waals surface area contributed by atoms with Gasteiger partial charge in [-0.25, -0.2) is 0 Å². The molecule has 20 heavy (non-hydrogen) atoms. The molecule has 2 aromatic rings. The molecular weight excluding hydrogens is 258 g/mol. The van der Waals surface area contributed by atoms with E-state index in [9.17, 15) is 4.79 Å². The summed E-state index contributed by atoms with van der Waals surface area (Å²) in [7, 11) is 0. The van der Waals surface area contributed by atoms with Gasteiger partial charge in [-0.2, -0.15) is 0 Å². The van der Waals surface area contributed by atoms with Crippen molar-refractivity contribution in [3.8, 4) is 5.75 Å². The second-order valence-electron chi connectivity index (χ2n) is 4.70. The van der Waals surface area contributed by atoms with Crippen molar-refractivity contribution in [1.82, 2.24) is 10.5 Å². The third-order valence-corrected chi connectivity index (χ3v) is 2.99. The number of aryl methyl sites for hydroxylation is 1. The molecule has 6 heteroatoms. The van der Waals surface area contributed by atoms with Crippen LogP contribution in [0.15, 0.2) is 28.8 Å². The Hall–Kier alpha value is -2.34. The van der Waals surface area contributed by atoms with Crippen molar-refractivity contribution in [2.75, 3.05) is 11.9 Å². The highest BCUT2D eigenvalue weighted by Crippen LogP contribution is 2.28. The highest BCUT2D eigenvalue weighted by atomic mass is 16.5. The maximum absolute atomic E-state index is 11.3. The van der Waals surface area contributed by atoms with E-state index in [-0.39, 0.29) is 12.5 Å². The highest BCUT2D eigenvalue weighted by molar-refractivity contribution is 5.95. The molecule has 1 amide bonds. The third kappa shape index (κ3) is 2.80. The highest BCUT2D eigenvalue weighted by Gasteiger charge is 2.15. The molecule has 0 aliphatic carbocycles. The number of hydrogen-bond acceptors (Lipinski definition) is 5. The van der Waals surface area contributed by atoms with Gasteiger partial charge in [-0.05, 0) is 24.6 Å². The summed E-state index contributed by atoms with van der Waals surface area (Å²) in [5.74, 6) is 1.39. The molecule has 1 aromatic heterocycles. The minimum atomic E-state index is -0.124. The van der Waals surface area contributed by atoms with Crippen molar-refractivity contribution >= 4 is 11.6 Å². The lowest BCUT2D eigenvalue weighted by Gasteiger charge is -2.18. The number of rotatable bonds is 4. The zero-order chi connectivity index (χ0) is 13.9. The monoisotopic (exact) mass is 273 g/mol. The Morgan fingerprint density at radius 3 is 3.05 bits per heavy atom. The maximum atomic E-state index is 11.3. The van der Waals surface area contributed by atoms with Gasteiger partial charge in [-0.15, -0.1) is 0 Å². The van der Waals surface area contributed by atoms with Gasteiger partial charge in [0.15, 0.2) is 6.61 Å². The number of aromatic nitrogens is 1. The molecule has 2 heterocycles. The second kappa shape index (κ2) is 5.34. The summed E-state index contributed by atoms with van der Waals surface area (Å²) in [6, 6.07) is 7.64. The molecule has 6 nitrogen and oxygen atoms in total. The topological polar surface area (TPSA) is 76.4 Å². The van der Waals surface area contributed by atoms with Crippen LogP contribution in [0.2, 0.25) is 0 Å². The lowest BCUT2D eigenvalue weighted by molar-refractivity contribution is -0.118. The van der Waals surface area contributed by atoms with Gasteiger partial charge < -0.3 is 19.9 Å².